The first-order valence-electron chi connectivity index (χ1n) is 5.10. The molecule has 1 aromatic rings. The third-order valence-corrected chi connectivity index (χ3v) is 3.16. The molecule has 0 aromatic carbocycles. The lowest BCUT2D eigenvalue weighted by Gasteiger charge is -2.18. The molecule has 0 aliphatic heterocycles. The lowest BCUT2D eigenvalue weighted by Crippen LogP contribution is -2.23. The standard InChI is InChI=1S/C12H15NO2S/c1-5-6-10(8(2)3)15-12(14)11-9(4)13-7-16-11/h1,7-8,10H,6H2,2-4H3. The van der Waals surface area contributed by atoms with Crippen molar-refractivity contribution < 1.29 is 9.53 Å². The molecule has 1 atom stereocenters. The van der Waals surface area contributed by atoms with Crippen LogP contribution < -0.4 is 0 Å². The fraction of sp³-hybridized carbons (Fsp3) is 0.500. The summed E-state index contributed by atoms with van der Waals surface area (Å²) in [6, 6.07) is 0. The predicted octanol–water partition coefficient (Wildman–Crippen LogP) is 2.66. The molecule has 0 aliphatic rings. The summed E-state index contributed by atoms with van der Waals surface area (Å²) in [4.78, 5) is 16.4. The molecule has 0 N–H and O–H groups in total. The molecule has 0 amide bonds. The average Bonchev–Trinajstić information content (AvgIpc) is 2.63. The van der Waals surface area contributed by atoms with Crippen molar-refractivity contribution in [3.63, 3.8) is 0 Å². The Morgan fingerprint density at radius 2 is 2.38 bits per heavy atom. The van der Waals surface area contributed by atoms with Gasteiger partial charge >= 0.3 is 5.97 Å². The largest absolute Gasteiger partial charge is 0.457 e. The number of hydrogen-bond acceptors (Lipinski definition) is 4. The van der Waals surface area contributed by atoms with Gasteiger partial charge in [-0.15, -0.1) is 23.7 Å². The number of thiazole rings is 1. The molecule has 1 rings (SSSR count). The Bertz CT molecular complexity index is 403. The van der Waals surface area contributed by atoms with Crippen molar-refractivity contribution in [1.29, 1.82) is 0 Å². The molecule has 0 bridgehead atoms. The van der Waals surface area contributed by atoms with E-state index in [2.05, 4.69) is 10.9 Å². The number of nitrogens with zero attached hydrogens (tertiary/aromatic N) is 1. The van der Waals surface area contributed by atoms with Crippen LogP contribution in [0, 0.1) is 25.2 Å². The van der Waals surface area contributed by atoms with Crippen LogP contribution in [0.5, 0.6) is 0 Å². The summed E-state index contributed by atoms with van der Waals surface area (Å²) in [5.74, 6) is 2.42. The van der Waals surface area contributed by atoms with Gasteiger partial charge in [0, 0.05) is 6.42 Å². The second-order valence-corrected chi connectivity index (χ2v) is 4.72. The van der Waals surface area contributed by atoms with Crippen LogP contribution in [0.1, 0.15) is 35.6 Å². The molecule has 0 saturated carbocycles. The quantitative estimate of drug-likeness (QED) is 0.597. The average molecular weight is 237 g/mol. The van der Waals surface area contributed by atoms with Crippen molar-refractivity contribution in [3.8, 4) is 12.3 Å². The highest BCUT2D eigenvalue weighted by Crippen LogP contribution is 2.18. The maximum atomic E-state index is 11.8. The number of hydrogen-bond donors (Lipinski definition) is 0. The van der Waals surface area contributed by atoms with Gasteiger partial charge in [-0.25, -0.2) is 9.78 Å². The first kappa shape index (κ1) is 12.7. The summed E-state index contributed by atoms with van der Waals surface area (Å²) in [6.45, 7) is 5.75. The van der Waals surface area contributed by atoms with E-state index in [-0.39, 0.29) is 18.0 Å². The highest BCUT2D eigenvalue weighted by Gasteiger charge is 2.20. The Morgan fingerprint density at radius 1 is 1.69 bits per heavy atom. The fourth-order valence-corrected chi connectivity index (χ4v) is 1.90. The first-order valence-corrected chi connectivity index (χ1v) is 5.98. The van der Waals surface area contributed by atoms with E-state index >= 15 is 0 Å². The van der Waals surface area contributed by atoms with Crippen molar-refractivity contribution in [2.24, 2.45) is 5.92 Å². The number of esters is 1. The molecule has 1 unspecified atom stereocenters. The number of carbonyl (C=O) groups is 1. The molecule has 16 heavy (non-hydrogen) atoms. The maximum absolute atomic E-state index is 11.8. The van der Waals surface area contributed by atoms with E-state index in [1.165, 1.54) is 11.3 Å². The third kappa shape index (κ3) is 3.07. The number of aromatic nitrogens is 1. The zero-order chi connectivity index (χ0) is 12.1. The summed E-state index contributed by atoms with van der Waals surface area (Å²) in [7, 11) is 0. The summed E-state index contributed by atoms with van der Waals surface area (Å²) < 4.78 is 5.37. The van der Waals surface area contributed by atoms with Crippen LogP contribution in [0.15, 0.2) is 5.51 Å². The summed E-state index contributed by atoms with van der Waals surface area (Å²) in [6.07, 6.45) is 5.46. The van der Waals surface area contributed by atoms with Gasteiger partial charge in [0.2, 0.25) is 0 Å². The van der Waals surface area contributed by atoms with Crippen LogP contribution in [0.4, 0.5) is 0 Å². The van der Waals surface area contributed by atoms with E-state index in [1.54, 1.807) is 12.4 Å². The highest BCUT2D eigenvalue weighted by atomic mass is 32.1. The molecule has 86 valence electrons. The van der Waals surface area contributed by atoms with Crippen LogP contribution in [-0.4, -0.2) is 17.1 Å². The molecule has 0 radical (unpaired) electrons. The van der Waals surface area contributed by atoms with E-state index in [0.717, 1.165) is 0 Å². The van der Waals surface area contributed by atoms with Crippen molar-refractivity contribution in [2.45, 2.75) is 33.3 Å². The number of terminal acetylenes is 1. The van der Waals surface area contributed by atoms with E-state index in [0.29, 0.717) is 17.0 Å². The van der Waals surface area contributed by atoms with E-state index in [9.17, 15) is 4.79 Å². The van der Waals surface area contributed by atoms with Gasteiger partial charge < -0.3 is 4.74 Å². The SMILES string of the molecule is C#CCC(OC(=O)c1scnc1C)C(C)C. The normalized spacial score (nSPS) is 12.2. The van der Waals surface area contributed by atoms with Crippen molar-refractivity contribution in [3.05, 3.63) is 16.1 Å². The molecule has 0 spiro atoms. The Balaban J connectivity index is 2.70. The van der Waals surface area contributed by atoms with Crippen LogP contribution in [-0.2, 0) is 4.74 Å². The second-order valence-electron chi connectivity index (χ2n) is 3.86. The summed E-state index contributed by atoms with van der Waals surface area (Å²) in [5, 5.41) is 0. The second kappa shape index (κ2) is 5.66. The van der Waals surface area contributed by atoms with Gasteiger partial charge in [-0.2, -0.15) is 0 Å². The van der Waals surface area contributed by atoms with Crippen molar-refractivity contribution in [2.75, 3.05) is 0 Å². The van der Waals surface area contributed by atoms with Crippen LogP contribution in [0.3, 0.4) is 0 Å². The minimum atomic E-state index is -0.325. The number of carbonyl (C=O) groups excluding carboxylic acids is 1. The van der Waals surface area contributed by atoms with E-state index in [1.807, 2.05) is 13.8 Å². The van der Waals surface area contributed by atoms with Gasteiger partial charge in [-0.05, 0) is 12.8 Å². The minimum absolute atomic E-state index is 0.216. The lowest BCUT2D eigenvalue weighted by molar-refractivity contribution is 0.0204. The fourth-order valence-electron chi connectivity index (χ4n) is 1.22. The minimum Gasteiger partial charge on any atom is -0.457 e. The van der Waals surface area contributed by atoms with Gasteiger partial charge in [-0.3, -0.25) is 0 Å². The zero-order valence-electron chi connectivity index (χ0n) is 9.69. The van der Waals surface area contributed by atoms with Gasteiger partial charge in [0.25, 0.3) is 0 Å². The molecule has 0 saturated heterocycles. The lowest BCUT2D eigenvalue weighted by atomic mass is 10.0. The molecular formula is C12H15NO2S. The molecule has 0 aliphatic carbocycles. The van der Waals surface area contributed by atoms with Gasteiger partial charge in [-0.1, -0.05) is 13.8 Å². The zero-order valence-corrected chi connectivity index (χ0v) is 10.5. The first-order chi connectivity index (χ1) is 7.56. The molecule has 0 fully saturated rings. The molecule has 1 aromatic heterocycles. The smallest absolute Gasteiger partial charge is 0.350 e. The van der Waals surface area contributed by atoms with E-state index < -0.39 is 0 Å². The van der Waals surface area contributed by atoms with Crippen molar-refractivity contribution in [1.82, 2.24) is 4.98 Å². The molecule has 4 heteroatoms. The van der Waals surface area contributed by atoms with Crippen molar-refractivity contribution >= 4 is 17.3 Å². The number of aryl methyl sites for hydroxylation is 1. The van der Waals surface area contributed by atoms with Crippen LogP contribution in [0.2, 0.25) is 0 Å². The summed E-state index contributed by atoms with van der Waals surface area (Å²) in [5.41, 5.74) is 2.34. The Labute approximate surface area is 99.9 Å². The van der Waals surface area contributed by atoms with Crippen LogP contribution >= 0.6 is 11.3 Å². The van der Waals surface area contributed by atoms with Crippen LogP contribution in [0.25, 0.3) is 0 Å². The maximum Gasteiger partial charge on any atom is 0.350 e. The monoisotopic (exact) mass is 237 g/mol. The van der Waals surface area contributed by atoms with Gasteiger partial charge in [0.15, 0.2) is 0 Å². The Morgan fingerprint density at radius 3 is 2.81 bits per heavy atom. The molecule has 3 nitrogen and oxygen atoms in total. The highest BCUT2D eigenvalue weighted by molar-refractivity contribution is 7.11. The Hall–Kier alpha value is -1.34. The topological polar surface area (TPSA) is 39.2 Å². The number of ether oxygens (including phenoxy) is 1. The number of rotatable bonds is 4. The predicted molar refractivity (Wildman–Crippen MR) is 64.3 cm³/mol. The van der Waals surface area contributed by atoms with Gasteiger partial charge in [0.1, 0.15) is 11.0 Å². The summed E-state index contributed by atoms with van der Waals surface area (Å²) >= 11 is 1.29. The Kier molecular flexibility index (Phi) is 4.51. The van der Waals surface area contributed by atoms with Gasteiger partial charge in [0.05, 0.1) is 11.2 Å². The third-order valence-electron chi connectivity index (χ3n) is 2.25. The molecule has 1 heterocycles. The van der Waals surface area contributed by atoms with E-state index in [4.69, 9.17) is 11.2 Å². The molecular weight excluding hydrogens is 222 g/mol.